The number of methoxy groups -OCH3 is 1. The van der Waals surface area contributed by atoms with E-state index in [0.717, 1.165) is 27.1 Å². The average Bonchev–Trinajstić information content (AvgIpc) is 2.83. The zero-order valence-electron chi connectivity index (χ0n) is 9.75. The molecule has 5 heteroatoms. The molecule has 1 heterocycles. The lowest BCUT2D eigenvalue weighted by Gasteiger charge is -2.07. The van der Waals surface area contributed by atoms with Gasteiger partial charge in [-0.15, -0.1) is 10.2 Å². The molecule has 90 valence electrons. The maximum atomic E-state index is 5.62. The summed E-state index contributed by atoms with van der Waals surface area (Å²) in [5, 5.41) is 11.4. The Balaban J connectivity index is 2.26. The molecule has 0 aliphatic heterocycles. The van der Waals surface area contributed by atoms with Crippen LogP contribution in [0.2, 0.25) is 0 Å². The number of benzene rings is 2. The van der Waals surface area contributed by atoms with E-state index in [1.165, 1.54) is 11.3 Å². The summed E-state index contributed by atoms with van der Waals surface area (Å²) in [5.74, 6) is 0.782. The van der Waals surface area contributed by atoms with Crippen LogP contribution < -0.4 is 10.5 Å². The first kappa shape index (κ1) is 11.0. The highest BCUT2D eigenvalue weighted by molar-refractivity contribution is 7.18. The van der Waals surface area contributed by atoms with E-state index in [0.29, 0.717) is 5.13 Å². The highest BCUT2D eigenvalue weighted by atomic mass is 32.1. The van der Waals surface area contributed by atoms with Crippen molar-refractivity contribution in [1.82, 2.24) is 10.2 Å². The Morgan fingerprint density at radius 1 is 1.11 bits per heavy atom. The Labute approximate surface area is 108 Å². The predicted molar refractivity (Wildman–Crippen MR) is 73.8 cm³/mol. The molecule has 18 heavy (non-hydrogen) atoms. The van der Waals surface area contributed by atoms with Crippen molar-refractivity contribution in [3.63, 3.8) is 0 Å². The minimum atomic E-state index is 0.459. The van der Waals surface area contributed by atoms with E-state index in [4.69, 9.17) is 10.5 Å². The molecule has 0 aliphatic rings. The third-order valence-corrected chi connectivity index (χ3v) is 3.52. The fourth-order valence-corrected chi connectivity index (χ4v) is 2.53. The van der Waals surface area contributed by atoms with Crippen LogP contribution in [0.5, 0.6) is 5.75 Å². The number of hydrogen-bond donors (Lipinski definition) is 1. The van der Waals surface area contributed by atoms with Gasteiger partial charge in [0.15, 0.2) is 5.01 Å². The first-order valence-corrected chi connectivity index (χ1v) is 6.26. The average molecular weight is 257 g/mol. The summed E-state index contributed by atoms with van der Waals surface area (Å²) < 4.78 is 5.42. The number of fused-ring (bicyclic) bond motifs is 1. The van der Waals surface area contributed by atoms with Gasteiger partial charge in [0.05, 0.1) is 12.7 Å². The highest BCUT2D eigenvalue weighted by Crippen LogP contribution is 2.35. The minimum absolute atomic E-state index is 0.459. The maximum absolute atomic E-state index is 5.62. The van der Waals surface area contributed by atoms with Gasteiger partial charge in [0.1, 0.15) is 5.75 Å². The number of ether oxygens (including phenoxy) is 1. The molecular formula is C13H11N3OS. The smallest absolute Gasteiger partial charge is 0.203 e. The van der Waals surface area contributed by atoms with Crippen molar-refractivity contribution in [3.05, 3.63) is 36.4 Å². The van der Waals surface area contributed by atoms with Gasteiger partial charge in [0.25, 0.3) is 0 Å². The van der Waals surface area contributed by atoms with E-state index in [2.05, 4.69) is 22.3 Å². The van der Waals surface area contributed by atoms with Crippen LogP contribution in [0.1, 0.15) is 0 Å². The summed E-state index contributed by atoms with van der Waals surface area (Å²) in [7, 11) is 1.65. The van der Waals surface area contributed by atoms with Gasteiger partial charge >= 0.3 is 0 Å². The van der Waals surface area contributed by atoms with Crippen molar-refractivity contribution in [2.45, 2.75) is 0 Å². The van der Waals surface area contributed by atoms with Crippen molar-refractivity contribution >= 4 is 27.2 Å². The quantitative estimate of drug-likeness (QED) is 0.766. The van der Waals surface area contributed by atoms with Gasteiger partial charge in [-0.05, 0) is 22.9 Å². The molecule has 0 radical (unpaired) electrons. The lowest BCUT2D eigenvalue weighted by atomic mass is 10.1. The summed E-state index contributed by atoms with van der Waals surface area (Å²) in [6.45, 7) is 0. The van der Waals surface area contributed by atoms with Crippen LogP contribution in [-0.4, -0.2) is 17.3 Å². The van der Waals surface area contributed by atoms with E-state index in [9.17, 15) is 0 Å². The van der Waals surface area contributed by atoms with Gasteiger partial charge < -0.3 is 10.5 Å². The molecule has 0 atom stereocenters. The molecule has 0 unspecified atom stereocenters. The molecule has 4 nitrogen and oxygen atoms in total. The summed E-state index contributed by atoms with van der Waals surface area (Å²) in [6, 6.07) is 12.2. The fraction of sp³-hybridized carbons (Fsp3) is 0.0769. The summed E-state index contributed by atoms with van der Waals surface area (Å²) in [4.78, 5) is 0. The Kier molecular flexibility index (Phi) is 2.60. The van der Waals surface area contributed by atoms with E-state index < -0.39 is 0 Å². The second kappa shape index (κ2) is 4.27. The van der Waals surface area contributed by atoms with E-state index in [1.54, 1.807) is 7.11 Å². The lowest BCUT2D eigenvalue weighted by molar-refractivity contribution is 0.417. The highest BCUT2D eigenvalue weighted by Gasteiger charge is 2.12. The number of nitrogen functional groups attached to an aromatic ring is 1. The molecule has 3 rings (SSSR count). The normalized spacial score (nSPS) is 10.7. The van der Waals surface area contributed by atoms with Crippen LogP contribution in [0.3, 0.4) is 0 Å². The fourth-order valence-electron chi connectivity index (χ4n) is 1.90. The zero-order chi connectivity index (χ0) is 12.5. The number of anilines is 1. The second-order valence-corrected chi connectivity index (χ2v) is 4.85. The Morgan fingerprint density at radius 2 is 1.83 bits per heavy atom. The number of aromatic nitrogens is 2. The molecule has 0 saturated carbocycles. The molecule has 0 spiro atoms. The van der Waals surface area contributed by atoms with Gasteiger partial charge in [0.2, 0.25) is 5.13 Å². The second-order valence-electron chi connectivity index (χ2n) is 3.85. The first-order valence-electron chi connectivity index (χ1n) is 5.44. The zero-order valence-corrected chi connectivity index (χ0v) is 10.6. The van der Waals surface area contributed by atoms with Crippen molar-refractivity contribution in [2.24, 2.45) is 0 Å². The minimum Gasteiger partial charge on any atom is -0.496 e. The van der Waals surface area contributed by atoms with Gasteiger partial charge in [-0.2, -0.15) is 0 Å². The molecule has 0 fully saturated rings. The largest absolute Gasteiger partial charge is 0.496 e. The summed E-state index contributed by atoms with van der Waals surface area (Å²) in [6.07, 6.45) is 0. The van der Waals surface area contributed by atoms with Crippen molar-refractivity contribution in [1.29, 1.82) is 0 Å². The predicted octanol–water partition coefficient (Wildman–Crippen LogP) is 2.95. The SMILES string of the molecule is COc1cc2ccccc2cc1-c1nnc(N)s1. The van der Waals surface area contributed by atoms with Crippen LogP contribution >= 0.6 is 11.3 Å². The van der Waals surface area contributed by atoms with E-state index in [1.807, 2.05) is 24.3 Å². The molecule has 2 aromatic carbocycles. The molecule has 0 bridgehead atoms. The standard InChI is InChI=1S/C13H11N3OS/c1-17-11-7-9-5-3-2-4-8(9)6-10(11)12-15-16-13(14)18-12/h2-7H,1H3,(H2,14,16). The molecule has 1 aromatic heterocycles. The first-order chi connectivity index (χ1) is 8.78. The maximum Gasteiger partial charge on any atom is 0.203 e. The van der Waals surface area contributed by atoms with E-state index >= 15 is 0 Å². The third-order valence-electron chi connectivity index (χ3n) is 2.74. The van der Waals surface area contributed by atoms with Gasteiger partial charge in [0, 0.05) is 0 Å². The molecule has 3 aromatic rings. The Bertz CT molecular complexity index is 708. The Morgan fingerprint density at radius 3 is 2.44 bits per heavy atom. The van der Waals surface area contributed by atoms with Crippen LogP contribution in [0.15, 0.2) is 36.4 Å². The number of rotatable bonds is 2. The molecule has 0 saturated heterocycles. The molecule has 2 N–H and O–H groups in total. The molecule has 0 amide bonds. The van der Waals surface area contributed by atoms with Crippen LogP contribution in [-0.2, 0) is 0 Å². The molecular weight excluding hydrogens is 246 g/mol. The van der Waals surface area contributed by atoms with Crippen molar-refractivity contribution < 1.29 is 4.74 Å². The molecule has 0 aliphatic carbocycles. The van der Waals surface area contributed by atoms with Gasteiger partial charge in [-0.25, -0.2) is 0 Å². The third kappa shape index (κ3) is 1.78. The monoisotopic (exact) mass is 257 g/mol. The van der Waals surface area contributed by atoms with Crippen LogP contribution in [0.25, 0.3) is 21.3 Å². The number of hydrogen-bond acceptors (Lipinski definition) is 5. The topological polar surface area (TPSA) is 61.0 Å². The van der Waals surface area contributed by atoms with E-state index in [-0.39, 0.29) is 0 Å². The Hall–Kier alpha value is -2.14. The summed E-state index contributed by atoms with van der Waals surface area (Å²) in [5.41, 5.74) is 6.55. The number of nitrogens with zero attached hydrogens (tertiary/aromatic N) is 2. The van der Waals surface area contributed by atoms with Crippen molar-refractivity contribution in [3.8, 4) is 16.3 Å². The van der Waals surface area contributed by atoms with Gasteiger partial charge in [-0.3, -0.25) is 0 Å². The lowest BCUT2D eigenvalue weighted by Crippen LogP contribution is -1.88. The van der Waals surface area contributed by atoms with Crippen molar-refractivity contribution in [2.75, 3.05) is 12.8 Å². The van der Waals surface area contributed by atoms with Crippen LogP contribution in [0, 0.1) is 0 Å². The summed E-state index contributed by atoms with van der Waals surface area (Å²) >= 11 is 1.35. The number of nitrogens with two attached hydrogens (primary N) is 1. The van der Waals surface area contributed by atoms with Gasteiger partial charge in [-0.1, -0.05) is 35.6 Å². The van der Waals surface area contributed by atoms with Crippen LogP contribution in [0.4, 0.5) is 5.13 Å².